The predicted octanol–water partition coefficient (Wildman–Crippen LogP) is 7.91. The molecular formula is C35H29N7O4S3. The molecule has 1 atom stereocenters. The number of nitrogens with one attached hydrogen (secondary N) is 1. The molecule has 0 bridgehead atoms. The zero-order valence-electron chi connectivity index (χ0n) is 26.0. The van der Waals surface area contributed by atoms with Crippen molar-refractivity contribution < 1.29 is 19.4 Å². The van der Waals surface area contributed by atoms with E-state index in [9.17, 15) is 14.7 Å². The van der Waals surface area contributed by atoms with Crippen LogP contribution < -0.4 is 19.3 Å². The minimum atomic E-state index is -1.06. The summed E-state index contributed by atoms with van der Waals surface area (Å²) in [6, 6.07) is 21.3. The number of urea groups is 1. The van der Waals surface area contributed by atoms with E-state index >= 15 is 0 Å². The van der Waals surface area contributed by atoms with Gasteiger partial charge in [0.2, 0.25) is 0 Å². The first-order valence-corrected chi connectivity index (χ1v) is 18.2. The van der Waals surface area contributed by atoms with Gasteiger partial charge in [-0.2, -0.15) is 0 Å². The molecule has 5 aromatic rings. The van der Waals surface area contributed by atoms with Crippen LogP contribution in [0.25, 0.3) is 20.8 Å². The van der Waals surface area contributed by atoms with E-state index in [0.717, 1.165) is 56.9 Å². The van der Waals surface area contributed by atoms with Gasteiger partial charge in [0.05, 0.1) is 22.5 Å². The normalized spacial score (nSPS) is 16.4. The third kappa shape index (κ3) is 6.42. The second kappa shape index (κ2) is 13.5. The topological polar surface area (TPSA) is 133 Å². The number of fused-ring (bicyclic) bond motifs is 3. The number of ether oxygens (including phenoxy) is 1. The molecule has 2 N–H and O–H groups in total. The van der Waals surface area contributed by atoms with Crippen LogP contribution in [0.5, 0.6) is 5.75 Å². The second-order valence-corrected chi connectivity index (χ2v) is 14.5. The van der Waals surface area contributed by atoms with Gasteiger partial charge in [0.25, 0.3) is 0 Å². The van der Waals surface area contributed by atoms with Crippen molar-refractivity contribution in [2.75, 3.05) is 27.7 Å². The van der Waals surface area contributed by atoms with Crippen molar-refractivity contribution in [3.63, 3.8) is 0 Å². The molecule has 2 aromatic heterocycles. The Balaban J connectivity index is 0.921. The van der Waals surface area contributed by atoms with Crippen molar-refractivity contribution in [2.24, 2.45) is 9.98 Å². The molecule has 2 amide bonds. The molecule has 14 heteroatoms. The standard InChI is InChI=1S/C35H29N7O4S3/c43-33(44)30-29(8-4-16-46-25-13-11-24(12-14-25)42-31-23(19-47-42)18-36-20-37-31)48-32(39-30)22-10-9-21-5-3-15-41(27(21)17-22)35(45)40-34-38-26-6-1-2-7-28(26)49-34/h1-2,6-7,9-14,17-20,31H,3-5,8,15-16H2,(H,43,44)(H,38,40,45). The Morgan fingerprint density at radius 1 is 1.04 bits per heavy atom. The Kier molecular flexibility index (Phi) is 8.58. The number of nitrogens with zero attached hydrogens (tertiary/aromatic N) is 6. The third-order valence-electron chi connectivity index (χ3n) is 8.33. The highest BCUT2D eigenvalue weighted by atomic mass is 32.2. The summed E-state index contributed by atoms with van der Waals surface area (Å²) in [5.41, 5.74) is 5.62. The maximum absolute atomic E-state index is 13.4. The van der Waals surface area contributed by atoms with Crippen LogP contribution >= 0.6 is 34.6 Å². The van der Waals surface area contributed by atoms with E-state index < -0.39 is 5.97 Å². The molecule has 0 saturated carbocycles. The Morgan fingerprint density at radius 3 is 2.78 bits per heavy atom. The van der Waals surface area contributed by atoms with Gasteiger partial charge in [-0.05, 0) is 85.7 Å². The predicted molar refractivity (Wildman–Crippen MR) is 198 cm³/mol. The lowest BCUT2D eigenvalue weighted by molar-refractivity contribution is 0.0690. The summed E-state index contributed by atoms with van der Waals surface area (Å²) < 4.78 is 9.13. The molecule has 0 aliphatic carbocycles. The quantitative estimate of drug-likeness (QED) is 0.117. The van der Waals surface area contributed by atoms with Gasteiger partial charge in [0, 0.05) is 39.9 Å². The number of hydrogen-bond donors (Lipinski definition) is 2. The van der Waals surface area contributed by atoms with Crippen molar-refractivity contribution in [3.8, 4) is 16.3 Å². The maximum atomic E-state index is 13.4. The smallest absolute Gasteiger partial charge is 0.355 e. The van der Waals surface area contributed by atoms with Crippen LogP contribution in [-0.4, -0.2) is 58.9 Å². The van der Waals surface area contributed by atoms with Crippen LogP contribution in [0.4, 0.5) is 21.3 Å². The number of hydrogen-bond acceptors (Lipinski definition) is 11. The van der Waals surface area contributed by atoms with E-state index in [-0.39, 0.29) is 17.9 Å². The number of thiazole rings is 2. The second-order valence-electron chi connectivity index (χ2n) is 11.5. The van der Waals surface area contributed by atoms with E-state index in [4.69, 9.17) is 4.74 Å². The number of aromatic nitrogens is 2. The highest BCUT2D eigenvalue weighted by Gasteiger charge is 2.29. The minimum absolute atomic E-state index is 0.0546. The summed E-state index contributed by atoms with van der Waals surface area (Å²) in [5.74, 6) is -0.320. The van der Waals surface area contributed by atoms with Gasteiger partial charge in [-0.1, -0.05) is 35.6 Å². The Hall–Kier alpha value is -5.05. The number of aliphatic imine (C=N–C) groups is 2. The molecule has 1 unspecified atom stereocenters. The van der Waals surface area contributed by atoms with E-state index in [1.807, 2.05) is 72.9 Å². The number of rotatable bonds is 9. The zero-order valence-corrected chi connectivity index (χ0v) is 28.4. The van der Waals surface area contributed by atoms with Crippen LogP contribution in [0.2, 0.25) is 0 Å². The van der Waals surface area contributed by atoms with Crippen LogP contribution in [0, 0.1) is 0 Å². The van der Waals surface area contributed by atoms with Crippen molar-refractivity contribution in [3.05, 3.63) is 93.8 Å². The van der Waals surface area contributed by atoms with E-state index in [1.165, 1.54) is 22.7 Å². The van der Waals surface area contributed by atoms with Crippen molar-refractivity contribution in [1.82, 2.24) is 9.97 Å². The number of carbonyl (C=O) groups excluding carboxylic acids is 1. The highest BCUT2D eigenvalue weighted by Crippen LogP contribution is 2.38. The van der Waals surface area contributed by atoms with Crippen molar-refractivity contribution >= 4 is 85.9 Å². The van der Waals surface area contributed by atoms with Gasteiger partial charge in [-0.3, -0.25) is 14.5 Å². The number of aryl methyl sites for hydroxylation is 2. The first kappa shape index (κ1) is 31.2. The number of anilines is 3. The van der Waals surface area contributed by atoms with E-state index in [1.54, 1.807) is 23.2 Å². The summed E-state index contributed by atoms with van der Waals surface area (Å²) in [7, 11) is 0. The molecule has 246 valence electrons. The summed E-state index contributed by atoms with van der Waals surface area (Å²) in [6.45, 7) is 0.996. The fraction of sp³-hybridized carbons (Fsp3) is 0.200. The summed E-state index contributed by atoms with van der Waals surface area (Å²) in [5, 5.41) is 16.2. The van der Waals surface area contributed by atoms with Crippen molar-refractivity contribution in [1.29, 1.82) is 0 Å². The first-order valence-electron chi connectivity index (χ1n) is 15.7. The van der Waals surface area contributed by atoms with Crippen LogP contribution in [0.3, 0.4) is 0 Å². The number of aromatic carboxylic acids is 1. The number of para-hydroxylation sites is 1. The molecule has 0 fully saturated rings. The summed E-state index contributed by atoms with van der Waals surface area (Å²) in [4.78, 5) is 45.7. The molecular weight excluding hydrogens is 679 g/mol. The van der Waals surface area contributed by atoms with Gasteiger partial charge in [-0.25, -0.2) is 29.5 Å². The highest BCUT2D eigenvalue weighted by molar-refractivity contribution is 8.03. The number of carboxylic acid groups (broad SMARTS) is 1. The fourth-order valence-electron chi connectivity index (χ4n) is 5.97. The third-order valence-corrected chi connectivity index (χ3v) is 11.5. The van der Waals surface area contributed by atoms with Gasteiger partial charge >= 0.3 is 12.0 Å². The molecule has 49 heavy (non-hydrogen) atoms. The molecule has 0 spiro atoms. The van der Waals surface area contributed by atoms with Crippen LogP contribution in [0.1, 0.15) is 33.8 Å². The monoisotopic (exact) mass is 707 g/mol. The molecule has 3 aliphatic rings. The average molecular weight is 708 g/mol. The van der Waals surface area contributed by atoms with Crippen LogP contribution in [0.15, 0.2) is 87.7 Å². The number of carbonyl (C=O) groups is 2. The molecule has 3 aromatic carbocycles. The summed E-state index contributed by atoms with van der Waals surface area (Å²) in [6.07, 6.45) is 6.17. The van der Waals surface area contributed by atoms with E-state index in [2.05, 4.69) is 35.0 Å². The fourth-order valence-corrected chi connectivity index (χ4v) is 8.86. The number of carboxylic acids is 1. The lowest BCUT2D eigenvalue weighted by Crippen LogP contribution is -2.38. The van der Waals surface area contributed by atoms with E-state index in [0.29, 0.717) is 41.0 Å². The first-order chi connectivity index (χ1) is 24.0. The summed E-state index contributed by atoms with van der Waals surface area (Å²) >= 11 is 4.40. The molecule has 8 rings (SSSR count). The molecule has 0 radical (unpaired) electrons. The molecule has 3 aliphatic heterocycles. The number of benzene rings is 3. The van der Waals surface area contributed by atoms with Gasteiger partial charge in [-0.15, -0.1) is 11.3 Å². The van der Waals surface area contributed by atoms with Gasteiger partial charge in [0.1, 0.15) is 17.1 Å². The Morgan fingerprint density at radius 2 is 1.92 bits per heavy atom. The minimum Gasteiger partial charge on any atom is -0.494 e. The molecule has 5 heterocycles. The lowest BCUT2D eigenvalue weighted by Gasteiger charge is -2.29. The van der Waals surface area contributed by atoms with Gasteiger partial charge in [0.15, 0.2) is 17.0 Å². The van der Waals surface area contributed by atoms with Crippen molar-refractivity contribution in [2.45, 2.75) is 31.8 Å². The molecule has 0 saturated heterocycles. The number of amides is 2. The zero-order chi connectivity index (χ0) is 33.3. The average Bonchev–Trinajstić information content (AvgIpc) is 3.87. The van der Waals surface area contributed by atoms with Crippen LogP contribution in [-0.2, 0) is 12.8 Å². The lowest BCUT2D eigenvalue weighted by atomic mass is 10.00. The Labute approximate surface area is 293 Å². The van der Waals surface area contributed by atoms with Gasteiger partial charge < -0.3 is 9.84 Å². The Bertz CT molecular complexity index is 2120. The molecule has 11 nitrogen and oxygen atoms in total. The SMILES string of the molecule is O=C(O)c1nc(-c2ccc3c(c2)N(C(=O)Nc2nc4ccccc4s2)CCC3)sc1CCCOc1ccc(N2SC=C3C=NC=NC32)cc1. The largest absolute Gasteiger partial charge is 0.494 e. The maximum Gasteiger partial charge on any atom is 0.355 e.